The SMILES string of the molecule is CC(C)(CS(=O)(=O)C1(COCc2ccccc2)CC1)O[Si](C)(C)C(C)(C)C. The van der Waals surface area contributed by atoms with Crippen LogP contribution < -0.4 is 0 Å². The first kappa shape index (κ1) is 22.6. The van der Waals surface area contributed by atoms with Crippen molar-refractivity contribution >= 4 is 18.2 Å². The number of hydrogen-bond donors (Lipinski definition) is 0. The van der Waals surface area contributed by atoms with Crippen molar-refractivity contribution in [2.45, 2.75) is 82.5 Å². The highest BCUT2D eigenvalue weighted by molar-refractivity contribution is 7.93. The second-order valence-electron chi connectivity index (χ2n) is 10.0. The summed E-state index contributed by atoms with van der Waals surface area (Å²) in [7, 11) is -5.35. The van der Waals surface area contributed by atoms with Crippen molar-refractivity contribution in [3.63, 3.8) is 0 Å². The van der Waals surface area contributed by atoms with Gasteiger partial charge in [-0.15, -0.1) is 0 Å². The molecule has 1 aliphatic rings. The molecule has 4 nitrogen and oxygen atoms in total. The van der Waals surface area contributed by atoms with E-state index in [1.165, 1.54) is 0 Å². The first-order valence-corrected chi connectivity index (χ1v) is 14.3. The van der Waals surface area contributed by atoms with Gasteiger partial charge in [0.15, 0.2) is 18.2 Å². The van der Waals surface area contributed by atoms with Crippen molar-refractivity contribution in [3.05, 3.63) is 35.9 Å². The van der Waals surface area contributed by atoms with E-state index >= 15 is 0 Å². The molecule has 1 aromatic carbocycles. The van der Waals surface area contributed by atoms with E-state index in [0.717, 1.165) is 5.56 Å². The van der Waals surface area contributed by atoms with Crippen molar-refractivity contribution in [2.24, 2.45) is 0 Å². The smallest absolute Gasteiger partial charge is 0.192 e. The first-order chi connectivity index (χ1) is 12.2. The van der Waals surface area contributed by atoms with Gasteiger partial charge >= 0.3 is 0 Å². The second-order valence-corrected chi connectivity index (χ2v) is 17.2. The topological polar surface area (TPSA) is 52.6 Å². The van der Waals surface area contributed by atoms with Gasteiger partial charge in [-0.3, -0.25) is 0 Å². The van der Waals surface area contributed by atoms with Crippen LogP contribution in [0.3, 0.4) is 0 Å². The zero-order valence-electron chi connectivity index (χ0n) is 18.0. The lowest BCUT2D eigenvalue weighted by Gasteiger charge is -2.43. The highest BCUT2D eigenvalue weighted by Crippen LogP contribution is 2.46. The Labute approximate surface area is 166 Å². The van der Waals surface area contributed by atoms with Crippen LogP contribution >= 0.6 is 0 Å². The molecule has 0 amide bonds. The Balaban J connectivity index is 2.00. The Morgan fingerprint density at radius 1 is 1.04 bits per heavy atom. The minimum Gasteiger partial charge on any atom is -0.411 e. The molecule has 1 saturated carbocycles. The fourth-order valence-electron chi connectivity index (χ4n) is 3.10. The number of hydrogen-bond acceptors (Lipinski definition) is 4. The van der Waals surface area contributed by atoms with Crippen LogP contribution in [-0.4, -0.2) is 39.4 Å². The van der Waals surface area contributed by atoms with Gasteiger partial charge in [-0.1, -0.05) is 51.1 Å². The van der Waals surface area contributed by atoms with Crippen LogP contribution in [0.1, 0.15) is 53.0 Å². The van der Waals surface area contributed by atoms with Gasteiger partial charge in [0.25, 0.3) is 0 Å². The van der Waals surface area contributed by atoms with Gasteiger partial charge in [0.1, 0.15) is 0 Å². The van der Waals surface area contributed by atoms with Gasteiger partial charge in [0.2, 0.25) is 0 Å². The van der Waals surface area contributed by atoms with E-state index in [2.05, 4.69) is 33.9 Å². The number of rotatable bonds is 9. The standard InChI is InChI=1S/C21H36O4SSi/c1-19(2,3)27(6,7)25-20(4,5)17-26(22,23)21(13-14-21)16-24-15-18-11-9-8-10-12-18/h8-12H,13-17H2,1-7H3. The molecule has 1 aliphatic carbocycles. The van der Waals surface area contributed by atoms with Crippen LogP contribution in [0.25, 0.3) is 0 Å². The van der Waals surface area contributed by atoms with Crippen molar-refractivity contribution in [2.75, 3.05) is 12.4 Å². The summed E-state index contributed by atoms with van der Waals surface area (Å²) < 4.78 is 37.8. The monoisotopic (exact) mass is 412 g/mol. The predicted molar refractivity (Wildman–Crippen MR) is 114 cm³/mol. The minimum atomic E-state index is -3.31. The molecule has 0 radical (unpaired) electrons. The molecule has 1 aromatic rings. The molecule has 0 N–H and O–H groups in total. The lowest BCUT2D eigenvalue weighted by atomic mass is 10.2. The number of ether oxygens (including phenoxy) is 1. The summed E-state index contributed by atoms with van der Waals surface area (Å²) in [5, 5.41) is 0.0457. The molecular weight excluding hydrogens is 376 g/mol. The molecule has 0 atom stereocenters. The van der Waals surface area contributed by atoms with E-state index in [1.54, 1.807) is 0 Å². The van der Waals surface area contributed by atoms with Gasteiger partial charge in [0.05, 0.1) is 29.3 Å². The summed E-state index contributed by atoms with van der Waals surface area (Å²) in [6, 6.07) is 9.86. The van der Waals surface area contributed by atoms with Gasteiger partial charge < -0.3 is 9.16 Å². The quantitative estimate of drug-likeness (QED) is 0.538. The Kier molecular flexibility index (Phi) is 6.37. The summed E-state index contributed by atoms with van der Waals surface area (Å²) in [5.41, 5.74) is 0.365. The average molecular weight is 413 g/mol. The maximum Gasteiger partial charge on any atom is 0.192 e. The van der Waals surface area contributed by atoms with Crippen LogP contribution in [0.15, 0.2) is 30.3 Å². The van der Waals surface area contributed by atoms with Crippen molar-refractivity contribution < 1.29 is 17.6 Å². The van der Waals surface area contributed by atoms with E-state index in [4.69, 9.17) is 9.16 Å². The largest absolute Gasteiger partial charge is 0.411 e. The van der Waals surface area contributed by atoms with E-state index in [1.807, 2.05) is 44.2 Å². The van der Waals surface area contributed by atoms with Gasteiger partial charge in [-0.2, -0.15) is 0 Å². The molecule has 0 unspecified atom stereocenters. The summed E-state index contributed by atoms with van der Waals surface area (Å²) in [5.74, 6) is 0.0429. The number of benzene rings is 1. The summed E-state index contributed by atoms with van der Waals surface area (Å²) in [6.45, 7) is 15.4. The fraction of sp³-hybridized carbons (Fsp3) is 0.714. The zero-order chi connectivity index (χ0) is 20.6. The Bertz CT molecular complexity index is 729. The third-order valence-corrected chi connectivity index (χ3v) is 13.4. The van der Waals surface area contributed by atoms with E-state index in [9.17, 15) is 8.42 Å². The zero-order valence-corrected chi connectivity index (χ0v) is 19.8. The van der Waals surface area contributed by atoms with Crippen molar-refractivity contribution in [1.82, 2.24) is 0 Å². The van der Waals surface area contributed by atoms with Crippen LogP contribution in [-0.2, 0) is 25.6 Å². The lowest BCUT2D eigenvalue weighted by molar-refractivity contribution is 0.108. The van der Waals surface area contributed by atoms with Crippen LogP contribution in [0.5, 0.6) is 0 Å². The molecule has 0 bridgehead atoms. The van der Waals surface area contributed by atoms with Crippen LogP contribution in [0, 0.1) is 0 Å². The lowest BCUT2D eigenvalue weighted by Crippen LogP contribution is -2.51. The summed E-state index contributed by atoms with van der Waals surface area (Å²) >= 11 is 0. The first-order valence-electron chi connectivity index (χ1n) is 9.74. The van der Waals surface area contributed by atoms with Gasteiger partial charge in [0, 0.05) is 0 Å². The third-order valence-electron chi connectivity index (χ3n) is 5.82. The molecule has 0 aliphatic heterocycles. The van der Waals surface area contributed by atoms with E-state index < -0.39 is 28.5 Å². The third kappa shape index (κ3) is 5.65. The second kappa shape index (κ2) is 7.62. The molecule has 27 heavy (non-hydrogen) atoms. The predicted octanol–water partition coefficient (Wildman–Crippen LogP) is 4.95. The highest BCUT2D eigenvalue weighted by Gasteiger charge is 2.56. The highest BCUT2D eigenvalue weighted by atomic mass is 32.2. The van der Waals surface area contributed by atoms with Crippen LogP contribution in [0.4, 0.5) is 0 Å². The van der Waals surface area contributed by atoms with Crippen molar-refractivity contribution in [1.29, 1.82) is 0 Å². The minimum absolute atomic E-state index is 0.0429. The Morgan fingerprint density at radius 2 is 1.59 bits per heavy atom. The molecular formula is C21H36O4SSi. The maximum atomic E-state index is 13.2. The summed E-state index contributed by atoms with van der Waals surface area (Å²) in [4.78, 5) is 0. The molecule has 0 spiro atoms. The van der Waals surface area contributed by atoms with Crippen molar-refractivity contribution in [3.8, 4) is 0 Å². The van der Waals surface area contributed by atoms with Gasteiger partial charge in [-0.05, 0) is 50.4 Å². The molecule has 1 fully saturated rings. The van der Waals surface area contributed by atoms with Gasteiger partial charge in [-0.25, -0.2) is 8.42 Å². The van der Waals surface area contributed by atoms with E-state index in [0.29, 0.717) is 19.4 Å². The maximum absolute atomic E-state index is 13.2. The molecule has 0 heterocycles. The Morgan fingerprint density at radius 3 is 2.07 bits per heavy atom. The van der Waals surface area contributed by atoms with Crippen LogP contribution in [0.2, 0.25) is 18.1 Å². The average Bonchev–Trinajstić information content (AvgIpc) is 3.26. The summed E-state index contributed by atoms with van der Waals surface area (Å²) in [6.07, 6.45) is 1.36. The molecule has 6 heteroatoms. The molecule has 154 valence electrons. The van der Waals surface area contributed by atoms with E-state index in [-0.39, 0.29) is 17.4 Å². The normalized spacial score (nSPS) is 17.7. The number of sulfone groups is 1. The fourth-order valence-corrected chi connectivity index (χ4v) is 7.23. The molecule has 2 rings (SSSR count). The molecule has 0 aromatic heterocycles. The molecule has 0 saturated heterocycles. The Hall–Kier alpha value is -0.693.